The lowest BCUT2D eigenvalue weighted by atomic mass is 9.93. The molecule has 0 amide bonds. The largest absolute Gasteiger partial charge is 0.378 e. The molecule has 0 fully saturated rings. The standard InChI is InChI=1S/C25H24N4O3S/c1-28(2)21-11-8-19(9-12-21)10-13-22-16-24(20(17-26)18-27)23-6-3-4-7-25(23)29(22)14-5-15-33(30,31)32/h3-4,6-13,16H,5,14-15H2,1-2H3,(H,30,31,32)/b13-10+. The summed E-state index contributed by atoms with van der Waals surface area (Å²) >= 11 is 0. The Labute approximate surface area is 194 Å². The number of nitrogens with zero attached hydrogens (tertiary/aromatic N) is 4. The third-order valence-electron chi connectivity index (χ3n) is 5.22. The van der Waals surface area contributed by atoms with Crippen molar-refractivity contribution < 1.29 is 13.0 Å². The van der Waals surface area contributed by atoms with Crippen molar-refractivity contribution >= 4 is 33.1 Å². The molecule has 0 saturated carbocycles. The van der Waals surface area contributed by atoms with Gasteiger partial charge in [0.1, 0.15) is 17.7 Å². The van der Waals surface area contributed by atoms with E-state index in [0.717, 1.165) is 22.5 Å². The van der Waals surface area contributed by atoms with Crippen molar-refractivity contribution in [2.75, 3.05) is 36.2 Å². The Kier molecular flexibility index (Phi) is 7.34. The highest BCUT2D eigenvalue weighted by atomic mass is 32.2. The fourth-order valence-electron chi connectivity index (χ4n) is 3.59. The van der Waals surface area contributed by atoms with E-state index in [4.69, 9.17) is 4.55 Å². The normalized spacial score (nSPS) is 13.2. The number of nitriles is 2. The fourth-order valence-corrected chi connectivity index (χ4v) is 4.08. The van der Waals surface area contributed by atoms with Crippen LogP contribution in [0.4, 0.5) is 11.4 Å². The minimum atomic E-state index is -4.08. The molecule has 0 radical (unpaired) electrons. The van der Waals surface area contributed by atoms with Gasteiger partial charge in [-0.25, -0.2) is 0 Å². The molecule has 0 saturated heterocycles. The number of fused-ring (bicyclic) bond motifs is 1. The number of hydrogen-bond acceptors (Lipinski definition) is 6. The van der Waals surface area contributed by atoms with Crippen LogP contribution in [0.3, 0.4) is 0 Å². The first-order valence-corrected chi connectivity index (χ1v) is 11.9. The minimum absolute atomic E-state index is 0.00118. The highest BCUT2D eigenvalue weighted by Gasteiger charge is 2.23. The lowest BCUT2D eigenvalue weighted by Crippen LogP contribution is -2.28. The Hall–Kier alpha value is -3.85. The fraction of sp³-hybridized carbons (Fsp3) is 0.200. The quantitative estimate of drug-likeness (QED) is 0.486. The van der Waals surface area contributed by atoms with Gasteiger partial charge in [0.2, 0.25) is 0 Å². The molecule has 7 nitrogen and oxygen atoms in total. The van der Waals surface area contributed by atoms with Crippen LogP contribution in [-0.4, -0.2) is 39.4 Å². The van der Waals surface area contributed by atoms with Gasteiger partial charge in [-0.2, -0.15) is 18.9 Å². The maximum Gasteiger partial charge on any atom is 0.264 e. The predicted octanol–water partition coefficient (Wildman–Crippen LogP) is 4.25. The summed E-state index contributed by atoms with van der Waals surface area (Å²) in [5.74, 6) is -0.362. The van der Waals surface area contributed by atoms with E-state index in [2.05, 4.69) is 0 Å². The third-order valence-corrected chi connectivity index (χ3v) is 6.03. The lowest BCUT2D eigenvalue weighted by molar-refractivity contribution is 0.481. The monoisotopic (exact) mass is 460 g/mol. The van der Waals surface area contributed by atoms with E-state index in [1.807, 2.05) is 96.7 Å². The molecular formula is C25H24N4O3S. The van der Waals surface area contributed by atoms with Crippen LogP contribution in [0.15, 0.2) is 72.0 Å². The van der Waals surface area contributed by atoms with Crippen molar-refractivity contribution in [1.82, 2.24) is 0 Å². The van der Waals surface area contributed by atoms with E-state index >= 15 is 0 Å². The number of hydrogen-bond donors (Lipinski definition) is 1. The topological polar surface area (TPSA) is 108 Å². The van der Waals surface area contributed by atoms with E-state index in [-0.39, 0.29) is 17.7 Å². The summed E-state index contributed by atoms with van der Waals surface area (Å²) in [7, 11) is -0.147. The molecule has 3 rings (SSSR count). The maximum absolute atomic E-state index is 11.2. The molecule has 1 N–H and O–H groups in total. The number of benzene rings is 2. The number of rotatable bonds is 7. The van der Waals surface area contributed by atoms with Crippen LogP contribution in [0.25, 0.3) is 11.6 Å². The summed E-state index contributed by atoms with van der Waals surface area (Å²) in [6.07, 6.45) is 5.77. The Morgan fingerprint density at radius 2 is 1.73 bits per heavy atom. The summed E-state index contributed by atoms with van der Waals surface area (Å²) < 4.78 is 31.6. The zero-order chi connectivity index (χ0) is 24.0. The average Bonchev–Trinajstić information content (AvgIpc) is 2.79. The van der Waals surface area contributed by atoms with Gasteiger partial charge in [0.15, 0.2) is 0 Å². The van der Waals surface area contributed by atoms with Gasteiger partial charge in [0.25, 0.3) is 10.1 Å². The Bertz CT molecular complexity index is 1290. The molecular weight excluding hydrogens is 436 g/mol. The van der Waals surface area contributed by atoms with Crippen molar-refractivity contribution in [3.8, 4) is 12.1 Å². The Balaban J connectivity index is 2.05. The van der Waals surface area contributed by atoms with Gasteiger partial charge in [-0.05, 0) is 42.3 Å². The van der Waals surface area contributed by atoms with Crippen molar-refractivity contribution in [2.24, 2.45) is 0 Å². The lowest BCUT2D eigenvalue weighted by Gasteiger charge is -2.32. The molecule has 0 aliphatic carbocycles. The highest BCUT2D eigenvalue weighted by molar-refractivity contribution is 7.85. The second-order valence-electron chi connectivity index (χ2n) is 7.71. The van der Waals surface area contributed by atoms with Crippen LogP contribution in [-0.2, 0) is 10.1 Å². The summed E-state index contributed by atoms with van der Waals surface area (Å²) in [6, 6.07) is 19.3. The van der Waals surface area contributed by atoms with Crippen molar-refractivity contribution in [2.45, 2.75) is 6.42 Å². The van der Waals surface area contributed by atoms with Gasteiger partial charge in [-0.1, -0.05) is 36.4 Å². The minimum Gasteiger partial charge on any atom is -0.378 e. The summed E-state index contributed by atoms with van der Waals surface area (Å²) in [4.78, 5) is 3.94. The van der Waals surface area contributed by atoms with Crippen molar-refractivity contribution in [3.05, 3.63) is 83.1 Å². The Morgan fingerprint density at radius 1 is 1.06 bits per heavy atom. The molecule has 1 aliphatic heterocycles. The summed E-state index contributed by atoms with van der Waals surface area (Å²) in [5.41, 5.74) is 4.74. The van der Waals surface area contributed by atoms with Gasteiger partial charge in [-0.3, -0.25) is 4.55 Å². The molecule has 2 aromatic rings. The summed E-state index contributed by atoms with van der Waals surface area (Å²) in [6.45, 7) is 0.328. The molecule has 168 valence electrons. The maximum atomic E-state index is 11.2. The van der Waals surface area contributed by atoms with Gasteiger partial charge < -0.3 is 9.80 Å². The molecule has 0 atom stereocenters. The van der Waals surface area contributed by atoms with E-state index in [9.17, 15) is 18.9 Å². The van der Waals surface area contributed by atoms with Crippen LogP contribution in [0.1, 0.15) is 17.5 Å². The van der Waals surface area contributed by atoms with Crippen LogP contribution in [0.5, 0.6) is 0 Å². The smallest absolute Gasteiger partial charge is 0.264 e. The van der Waals surface area contributed by atoms with Crippen LogP contribution >= 0.6 is 0 Å². The first-order chi connectivity index (χ1) is 15.7. The van der Waals surface area contributed by atoms with E-state index in [1.54, 1.807) is 6.08 Å². The van der Waals surface area contributed by atoms with Crippen LogP contribution in [0, 0.1) is 22.7 Å². The van der Waals surface area contributed by atoms with Crippen molar-refractivity contribution in [3.63, 3.8) is 0 Å². The zero-order valence-electron chi connectivity index (χ0n) is 18.4. The molecule has 1 heterocycles. The molecule has 0 bridgehead atoms. The predicted molar refractivity (Wildman–Crippen MR) is 131 cm³/mol. The average molecular weight is 461 g/mol. The van der Waals surface area contributed by atoms with Gasteiger partial charge in [-0.15, -0.1) is 0 Å². The van der Waals surface area contributed by atoms with E-state index in [1.165, 1.54) is 0 Å². The molecule has 8 heteroatoms. The molecule has 33 heavy (non-hydrogen) atoms. The molecule has 0 unspecified atom stereocenters. The number of allylic oxidation sites excluding steroid dienone is 4. The Morgan fingerprint density at radius 3 is 2.33 bits per heavy atom. The number of para-hydroxylation sites is 1. The van der Waals surface area contributed by atoms with Crippen LogP contribution < -0.4 is 9.80 Å². The number of anilines is 2. The second kappa shape index (κ2) is 10.2. The van der Waals surface area contributed by atoms with Gasteiger partial charge >= 0.3 is 0 Å². The molecule has 0 aromatic heterocycles. The van der Waals surface area contributed by atoms with E-state index < -0.39 is 10.1 Å². The van der Waals surface area contributed by atoms with E-state index in [0.29, 0.717) is 17.8 Å². The molecule has 0 spiro atoms. The molecule has 2 aromatic carbocycles. The second-order valence-corrected chi connectivity index (χ2v) is 9.28. The van der Waals surface area contributed by atoms with Crippen LogP contribution in [0.2, 0.25) is 0 Å². The third kappa shape index (κ3) is 5.89. The van der Waals surface area contributed by atoms with Gasteiger partial charge in [0, 0.05) is 48.8 Å². The molecule has 1 aliphatic rings. The van der Waals surface area contributed by atoms with Gasteiger partial charge in [0.05, 0.1) is 5.75 Å². The summed E-state index contributed by atoms with van der Waals surface area (Å²) in [5, 5.41) is 19.0. The highest BCUT2D eigenvalue weighted by Crippen LogP contribution is 2.38. The zero-order valence-corrected chi connectivity index (χ0v) is 19.2. The first-order valence-electron chi connectivity index (χ1n) is 10.3. The van der Waals surface area contributed by atoms with Crippen molar-refractivity contribution in [1.29, 1.82) is 10.5 Å². The SMILES string of the molecule is CN(C)c1ccc(/C=C/C2=CC(=C(C#N)C#N)c3ccccc3N2CCCS(=O)(=O)O)cc1. The first kappa shape index (κ1) is 23.8.